The van der Waals surface area contributed by atoms with Crippen molar-refractivity contribution < 1.29 is 4.39 Å². The van der Waals surface area contributed by atoms with Gasteiger partial charge in [-0.15, -0.1) is 0 Å². The molecule has 1 aromatic carbocycles. The lowest BCUT2D eigenvalue weighted by atomic mass is 9.75. The van der Waals surface area contributed by atoms with Crippen LogP contribution in [0.2, 0.25) is 5.02 Å². The molecule has 1 saturated carbocycles. The number of hydrogen-bond donors (Lipinski definition) is 1. The Bertz CT molecular complexity index is 429. The first-order valence-electron chi connectivity index (χ1n) is 8.31. The molecule has 0 heterocycles. The molecule has 3 unspecified atom stereocenters. The summed E-state index contributed by atoms with van der Waals surface area (Å²) in [6, 6.07) is 5.31. The number of halogens is 2. The van der Waals surface area contributed by atoms with Crippen molar-refractivity contribution in [2.75, 3.05) is 6.54 Å². The quantitative estimate of drug-likeness (QED) is 0.760. The van der Waals surface area contributed by atoms with Crippen LogP contribution in [0.1, 0.15) is 51.5 Å². The molecule has 2 rings (SSSR count). The molecule has 118 valence electrons. The SMILES string of the molecule is CCNC(Cc1c(F)cccc1Cl)C1CCCC(CC)C1. The molecule has 1 aliphatic rings. The van der Waals surface area contributed by atoms with Crippen molar-refractivity contribution in [3.63, 3.8) is 0 Å². The smallest absolute Gasteiger partial charge is 0.127 e. The molecule has 3 heteroatoms. The standard InChI is InChI=1S/C18H27ClFN/c1-3-13-7-5-8-14(11-13)18(21-4-2)12-15-16(19)9-6-10-17(15)20/h6,9-10,13-14,18,21H,3-5,7-8,11-12H2,1-2H3. The predicted octanol–water partition coefficient (Wildman–Crippen LogP) is 5.22. The fourth-order valence-corrected chi connectivity index (χ4v) is 3.92. The average molecular weight is 312 g/mol. The van der Waals surface area contributed by atoms with E-state index < -0.39 is 0 Å². The zero-order valence-corrected chi connectivity index (χ0v) is 13.9. The topological polar surface area (TPSA) is 12.0 Å². The number of benzene rings is 1. The van der Waals surface area contributed by atoms with Crippen LogP contribution in [-0.2, 0) is 6.42 Å². The van der Waals surface area contributed by atoms with Crippen molar-refractivity contribution in [3.8, 4) is 0 Å². The highest BCUT2D eigenvalue weighted by molar-refractivity contribution is 6.31. The zero-order valence-electron chi connectivity index (χ0n) is 13.2. The Labute approximate surface area is 133 Å². The van der Waals surface area contributed by atoms with Gasteiger partial charge in [0.25, 0.3) is 0 Å². The second kappa shape index (κ2) is 8.14. The van der Waals surface area contributed by atoms with Gasteiger partial charge in [0.15, 0.2) is 0 Å². The Balaban J connectivity index is 2.11. The molecule has 0 bridgehead atoms. The number of hydrogen-bond acceptors (Lipinski definition) is 1. The van der Waals surface area contributed by atoms with E-state index >= 15 is 0 Å². The van der Waals surface area contributed by atoms with Gasteiger partial charge in [-0.2, -0.15) is 0 Å². The summed E-state index contributed by atoms with van der Waals surface area (Å²) < 4.78 is 14.0. The summed E-state index contributed by atoms with van der Waals surface area (Å²) in [6.45, 7) is 5.32. The van der Waals surface area contributed by atoms with Gasteiger partial charge in [0.05, 0.1) is 0 Å². The second-order valence-corrected chi connectivity index (χ2v) is 6.68. The fourth-order valence-electron chi connectivity index (χ4n) is 3.68. The average Bonchev–Trinajstić information content (AvgIpc) is 2.50. The van der Waals surface area contributed by atoms with E-state index in [0.717, 1.165) is 12.5 Å². The number of likely N-dealkylation sites (N-methyl/N-ethyl adjacent to an activating group) is 1. The maximum atomic E-state index is 14.0. The Morgan fingerprint density at radius 2 is 2.14 bits per heavy atom. The van der Waals surface area contributed by atoms with E-state index in [4.69, 9.17) is 11.6 Å². The number of rotatable bonds is 6. The zero-order chi connectivity index (χ0) is 15.2. The fraction of sp³-hybridized carbons (Fsp3) is 0.667. The first kappa shape index (κ1) is 16.8. The van der Waals surface area contributed by atoms with Crippen molar-refractivity contribution in [2.24, 2.45) is 11.8 Å². The molecule has 1 nitrogen and oxygen atoms in total. The highest BCUT2D eigenvalue weighted by Crippen LogP contribution is 2.34. The lowest BCUT2D eigenvalue weighted by Crippen LogP contribution is -2.40. The maximum absolute atomic E-state index is 14.0. The van der Waals surface area contributed by atoms with Crippen molar-refractivity contribution >= 4 is 11.6 Å². The first-order valence-corrected chi connectivity index (χ1v) is 8.69. The van der Waals surface area contributed by atoms with Crippen molar-refractivity contribution in [3.05, 3.63) is 34.6 Å². The Morgan fingerprint density at radius 1 is 1.33 bits per heavy atom. The Kier molecular flexibility index (Phi) is 6.50. The molecule has 0 spiro atoms. The molecule has 0 aliphatic heterocycles. The third-order valence-corrected chi connectivity index (χ3v) is 5.28. The van der Waals surface area contributed by atoms with Crippen molar-refractivity contribution in [1.29, 1.82) is 0 Å². The van der Waals surface area contributed by atoms with Gasteiger partial charge in [0.1, 0.15) is 5.82 Å². The van der Waals surface area contributed by atoms with Crippen LogP contribution in [0.15, 0.2) is 18.2 Å². The van der Waals surface area contributed by atoms with Crippen molar-refractivity contribution in [2.45, 2.75) is 58.4 Å². The van der Waals surface area contributed by atoms with Crippen LogP contribution in [0, 0.1) is 17.7 Å². The summed E-state index contributed by atoms with van der Waals surface area (Å²) in [5.41, 5.74) is 0.670. The molecule has 0 aromatic heterocycles. The summed E-state index contributed by atoms with van der Waals surface area (Å²) in [7, 11) is 0. The minimum Gasteiger partial charge on any atom is -0.314 e. The molecule has 3 atom stereocenters. The summed E-state index contributed by atoms with van der Waals surface area (Å²) in [4.78, 5) is 0. The lowest BCUT2D eigenvalue weighted by Gasteiger charge is -2.35. The normalized spacial score (nSPS) is 24.0. The molecule has 1 N–H and O–H groups in total. The largest absolute Gasteiger partial charge is 0.314 e. The van der Waals surface area contributed by atoms with E-state index in [-0.39, 0.29) is 5.82 Å². The minimum atomic E-state index is -0.173. The van der Waals surface area contributed by atoms with E-state index in [0.29, 0.717) is 29.0 Å². The minimum absolute atomic E-state index is 0.173. The van der Waals surface area contributed by atoms with Gasteiger partial charge in [0.2, 0.25) is 0 Å². The molecule has 1 aromatic rings. The maximum Gasteiger partial charge on any atom is 0.127 e. The van der Waals surface area contributed by atoms with Gasteiger partial charge in [-0.25, -0.2) is 4.39 Å². The van der Waals surface area contributed by atoms with Crippen molar-refractivity contribution in [1.82, 2.24) is 5.32 Å². The third kappa shape index (κ3) is 4.43. The van der Waals surface area contributed by atoms with Gasteiger partial charge in [-0.05, 0) is 49.8 Å². The highest BCUT2D eigenvalue weighted by atomic mass is 35.5. The molecular weight excluding hydrogens is 285 g/mol. The van der Waals surface area contributed by atoms with Gasteiger partial charge in [-0.1, -0.05) is 50.8 Å². The third-order valence-electron chi connectivity index (χ3n) is 4.92. The molecule has 21 heavy (non-hydrogen) atoms. The second-order valence-electron chi connectivity index (χ2n) is 6.27. The summed E-state index contributed by atoms with van der Waals surface area (Å²) in [5.74, 6) is 1.30. The Hall–Kier alpha value is -0.600. The molecule has 1 aliphatic carbocycles. The van der Waals surface area contributed by atoms with Crippen LogP contribution >= 0.6 is 11.6 Å². The van der Waals surface area contributed by atoms with E-state index in [9.17, 15) is 4.39 Å². The first-order chi connectivity index (χ1) is 10.2. The lowest BCUT2D eigenvalue weighted by molar-refractivity contribution is 0.208. The van der Waals surface area contributed by atoms with Gasteiger partial charge in [0, 0.05) is 16.6 Å². The van der Waals surface area contributed by atoms with Gasteiger partial charge in [-0.3, -0.25) is 0 Å². The van der Waals surface area contributed by atoms with Crippen LogP contribution in [0.5, 0.6) is 0 Å². The highest BCUT2D eigenvalue weighted by Gasteiger charge is 2.28. The van der Waals surface area contributed by atoms with E-state index in [1.165, 1.54) is 38.2 Å². The van der Waals surface area contributed by atoms with E-state index in [2.05, 4.69) is 19.2 Å². The monoisotopic (exact) mass is 311 g/mol. The summed E-state index contributed by atoms with van der Waals surface area (Å²) in [5, 5.41) is 4.13. The van der Waals surface area contributed by atoms with Crippen LogP contribution in [0.3, 0.4) is 0 Å². The molecule has 1 fully saturated rings. The molecule has 0 saturated heterocycles. The summed E-state index contributed by atoms with van der Waals surface area (Å²) in [6.07, 6.45) is 7.12. The van der Waals surface area contributed by atoms with Crippen LogP contribution < -0.4 is 5.32 Å². The number of nitrogens with one attached hydrogen (secondary N) is 1. The molecule has 0 amide bonds. The van der Waals surface area contributed by atoms with Crippen LogP contribution in [0.25, 0.3) is 0 Å². The van der Waals surface area contributed by atoms with Gasteiger partial charge < -0.3 is 5.32 Å². The summed E-state index contributed by atoms with van der Waals surface area (Å²) >= 11 is 6.20. The van der Waals surface area contributed by atoms with E-state index in [1.807, 2.05) is 0 Å². The predicted molar refractivity (Wildman–Crippen MR) is 88.3 cm³/mol. The van der Waals surface area contributed by atoms with E-state index in [1.54, 1.807) is 12.1 Å². The van der Waals surface area contributed by atoms with Crippen LogP contribution in [-0.4, -0.2) is 12.6 Å². The van der Waals surface area contributed by atoms with Gasteiger partial charge >= 0.3 is 0 Å². The van der Waals surface area contributed by atoms with Crippen LogP contribution in [0.4, 0.5) is 4.39 Å². The Morgan fingerprint density at radius 3 is 2.81 bits per heavy atom. The molecular formula is C18H27ClFN. The molecule has 0 radical (unpaired) electrons.